The zero-order valence-electron chi connectivity index (χ0n) is 3.31. The predicted octanol–water partition coefficient (Wildman–Crippen LogP) is -0.0100. The van der Waals surface area contributed by atoms with Crippen LogP contribution in [0.5, 0.6) is 0 Å². The SMILES string of the molecule is O=PO.O=PO.[Ca]. The van der Waals surface area contributed by atoms with Crippen molar-refractivity contribution < 1.29 is 18.9 Å². The van der Waals surface area contributed by atoms with Crippen LogP contribution in [-0.4, -0.2) is 47.5 Å². The zero-order chi connectivity index (χ0) is 5.41. The van der Waals surface area contributed by atoms with E-state index < -0.39 is 17.4 Å². The van der Waals surface area contributed by atoms with Crippen molar-refractivity contribution in [2.24, 2.45) is 0 Å². The Morgan fingerprint density at radius 3 is 1.00 bits per heavy atom. The Balaban J connectivity index is -0.0000000400. The van der Waals surface area contributed by atoms with E-state index in [1.54, 1.807) is 0 Å². The van der Waals surface area contributed by atoms with E-state index >= 15 is 0 Å². The van der Waals surface area contributed by atoms with Crippen molar-refractivity contribution in [2.75, 3.05) is 0 Å². The molecule has 0 bridgehead atoms. The van der Waals surface area contributed by atoms with Crippen molar-refractivity contribution in [1.29, 1.82) is 0 Å². The van der Waals surface area contributed by atoms with E-state index in [9.17, 15) is 0 Å². The summed E-state index contributed by atoms with van der Waals surface area (Å²) in [6.07, 6.45) is 0. The Morgan fingerprint density at radius 2 is 1.00 bits per heavy atom. The van der Waals surface area contributed by atoms with Crippen molar-refractivity contribution in [3.63, 3.8) is 0 Å². The summed E-state index contributed by atoms with van der Waals surface area (Å²) in [6, 6.07) is 0. The van der Waals surface area contributed by atoms with Crippen LogP contribution in [0.25, 0.3) is 0 Å². The maximum absolute atomic E-state index is 8.46. The minimum absolute atomic E-state index is 0. The molecule has 0 spiro atoms. The molecule has 38 valence electrons. The van der Waals surface area contributed by atoms with E-state index in [-0.39, 0.29) is 37.7 Å². The third-order valence-corrected chi connectivity index (χ3v) is 0. The Kier molecular flexibility index (Phi) is 59.2. The number of rotatable bonds is 0. The van der Waals surface area contributed by atoms with E-state index in [0.717, 1.165) is 0 Å². The molecule has 4 nitrogen and oxygen atoms in total. The van der Waals surface area contributed by atoms with Gasteiger partial charge in [-0.25, -0.2) is 9.13 Å². The maximum atomic E-state index is 8.46. The maximum Gasteiger partial charge on any atom is 0.324 e. The predicted molar refractivity (Wildman–Crippen MR) is 25.4 cm³/mol. The molecule has 0 saturated heterocycles. The molecule has 0 aromatic heterocycles. The Labute approximate surface area is 73.5 Å². The van der Waals surface area contributed by atoms with Crippen molar-refractivity contribution in [3.8, 4) is 0 Å². The molecule has 0 aliphatic carbocycles. The fourth-order valence-electron chi connectivity index (χ4n) is 0. The second kappa shape index (κ2) is 26.3. The molecule has 0 aliphatic heterocycles. The number of hydrogen-bond donors (Lipinski definition) is 2. The summed E-state index contributed by atoms with van der Waals surface area (Å²) in [5.41, 5.74) is 0. The van der Waals surface area contributed by atoms with Gasteiger partial charge < -0.3 is 9.79 Å². The van der Waals surface area contributed by atoms with Gasteiger partial charge in [-0.3, -0.25) is 0 Å². The van der Waals surface area contributed by atoms with Gasteiger partial charge in [0.15, 0.2) is 0 Å². The summed E-state index contributed by atoms with van der Waals surface area (Å²) in [6.45, 7) is 0. The second-order valence-electron chi connectivity index (χ2n) is 0.163. The molecule has 0 aromatic rings. The average molecular weight is 168 g/mol. The first-order valence-corrected chi connectivity index (χ1v) is 2.30. The molecule has 2 radical (unpaired) electrons. The van der Waals surface area contributed by atoms with Gasteiger partial charge in [0, 0.05) is 37.7 Å². The normalized spacial score (nSPS) is 6.00. The van der Waals surface area contributed by atoms with Crippen molar-refractivity contribution >= 4 is 55.1 Å². The molecule has 0 aliphatic rings. The average Bonchev–Trinajstić information content (AvgIpc) is 1.39. The molecule has 0 rings (SSSR count). The first-order chi connectivity index (χ1) is 2.83. The van der Waals surface area contributed by atoms with Crippen LogP contribution in [0.1, 0.15) is 0 Å². The van der Waals surface area contributed by atoms with Crippen LogP contribution in [0.3, 0.4) is 0 Å². The minimum atomic E-state index is -0.833. The van der Waals surface area contributed by atoms with Gasteiger partial charge in [0.25, 0.3) is 0 Å². The van der Waals surface area contributed by atoms with E-state index in [2.05, 4.69) is 0 Å². The van der Waals surface area contributed by atoms with Gasteiger partial charge in [-0.15, -0.1) is 0 Å². The van der Waals surface area contributed by atoms with Gasteiger partial charge in [-0.2, -0.15) is 0 Å². The van der Waals surface area contributed by atoms with Crippen LogP contribution in [0, 0.1) is 0 Å². The molecule has 0 atom stereocenters. The quantitative estimate of drug-likeness (QED) is 0.394. The van der Waals surface area contributed by atoms with Crippen molar-refractivity contribution in [3.05, 3.63) is 0 Å². The summed E-state index contributed by atoms with van der Waals surface area (Å²) in [4.78, 5) is 14.0. The fourth-order valence-corrected chi connectivity index (χ4v) is 0. The first kappa shape index (κ1) is 15.8. The molecule has 0 amide bonds. The molecule has 0 saturated carbocycles. The first-order valence-electron chi connectivity index (χ1n) is 0.765. The minimum Gasteiger partial charge on any atom is -0.310 e. The fraction of sp³-hybridized carbons (Fsp3) is 0. The van der Waals surface area contributed by atoms with E-state index in [1.807, 2.05) is 0 Å². The largest absolute Gasteiger partial charge is 0.324 e. The van der Waals surface area contributed by atoms with Gasteiger partial charge in [0.1, 0.15) is 0 Å². The number of hydrogen-bond acceptors (Lipinski definition) is 2. The Bertz CT molecular complexity index is 30.7. The van der Waals surface area contributed by atoms with Crippen molar-refractivity contribution in [1.82, 2.24) is 0 Å². The monoisotopic (exact) mass is 168 g/mol. The van der Waals surface area contributed by atoms with Gasteiger partial charge in [0.2, 0.25) is 0 Å². The van der Waals surface area contributed by atoms with Crippen LogP contribution in [-0.2, 0) is 9.13 Å². The van der Waals surface area contributed by atoms with Crippen LogP contribution < -0.4 is 0 Å². The molecule has 0 aromatic carbocycles. The molecule has 7 heteroatoms. The van der Waals surface area contributed by atoms with Crippen LogP contribution in [0.15, 0.2) is 0 Å². The standard InChI is InChI=1S/Ca.2HO2P/c;2*1-3-2/h;2*(H,1,2). The van der Waals surface area contributed by atoms with Gasteiger partial charge in [-0.05, 0) is 0 Å². The molecule has 2 N–H and O–H groups in total. The van der Waals surface area contributed by atoms with Crippen LogP contribution in [0.4, 0.5) is 0 Å². The zero-order valence-corrected chi connectivity index (χ0v) is 7.31. The summed E-state index contributed by atoms with van der Waals surface area (Å²) in [5, 5.41) is 0. The summed E-state index contributed by atoms with van der Waals surface area (Å²) in [7, 11) is -1.67. The van der Waals surface area contributed by atoms with Gasteiger partial charge >= 0.3 is 17.4 Å². The topological polar surface area (TPSA) is 74.6 Å². The summed E-state index contributed by atoms with van der Waals surface area (Å²) in [5.74, 6) is 0. The third-order valence-electron chi connectivity index (χ3n) is 0. The van der Waals surface area contributed by atoms with E-state index in [4.69, 9.17) is 18.9 Å². The molecular weight excluding hydrogens is 166 g/mol. The molecule has 0 fully saturated rings. The van der Waals surface area contributed by atoms with Crippen LogP contribution >= 0.6 is 17.4 Å². The molecule has 7 heavy (non-hydrogen) atoms. The molecule has 0 unspecified atom stereocenters. The smallest absolute Gasteiger partial charge is 0.310 e. The second-order valence-corrected chi connectivity index (χ2v) is 0.490. The third kappa shape index (κ3) is 112. The molecular formula is H2CaO4P2. The van der Waals surface area contributed by atoms with E-state index in [0.29, 0.717) is 0 Å². The Morgan fingerprint density at radius 1 is 1.00 bits per heavy atom. The van der Waals surface area contributed by atoms with Crippen LogP contribution in [0.2, 0.25) is 0 Å². The summed E-state index contributed by atoms with van der Waals surface area (Å²) >= 11 is 0. The van der Waals surface area contributed by atoms with Gasteiger partial charge in [-0.1, -0.05) is 0 Å². The van der Waals surface area contributed by atoms with Gasteiger partial charge in [0.05, 0.1) is 0 Å². The van der Waals surface area contributed by atoms with E-state index in [1.165, 1.54) is 0 Å². The van der Waals surface area contributed by atoms with Crippen molar-refractivity contribution in [2.45, 2.75) is 0 Å². The molecule has 0 heterocycles. The summed E-state index contributed by atoms with van der Waals surface area (Å²) < 4.78 is 16.9. The Hall–Kier alpha value is 1.38.